The van der Waals surface area contributed by atoms with Crippen molar-refractivity contribution in [3.8, 4) is 0 Å². The standard InChI is InChI=1S/C7H14O.C3H5O.W/c1-7(6-8-2)4-3-5-7;1-3-2-4-3;/h3-6H2,1-2H3;2-3H,1H3;/q;-1;/i;2D;. The summed E-state index contributed by atoms with van der Waals surface area (Å²) in [4.78, 5) is 0. The van der Waals surface area contributed by atoms with Crippen LogP contribution in [-0.4, -0.2) is 19.8 Å². The van der Waals surface area contributed by atoms with E-state index >= 15 is 0 Å². The molecule has 1 heterocycles. The third kappa shape index (κ3) is 5.82. The summed E-state index contributed by atoms with van der Waals surface area (Å²) in [7, 11) is 1.78. The van der Waals surface area contributed by atoms with Gasteiger partial charge in [-0.1, -0.05) is 26.4 Å². The van der Waals surface area contributed by atoms with Gasteiger partial charge in [-0.05, 0) is 18.3 Å². The van der Waals surface area contributed by atoms with E-state index in [2.05, 4.69) is 11.7 Å². The summed E-state index contributed by atoms with van der Waals surface area (Å²) in [5.74, 6) is 0. The first kappa shape index (κ1) is 11.7. The quantitative estimate of drug-likeness (QED) is 0.560. The molecule has 0 aromatic carbocycles. The average Bonchev–Trinajstić information content (AvgIpc) is 2.64. The molecule has 0 aromatic heterocycles. The third-order valence-corrected chi connectivity index (χ3v) is 2.41. The molecule has 1 atom stereocenters. The molecule has 1 aliphatic heterocycles. The molecule has 0 spiro atoms. The molecule has 1 saturated carbocycles. The molecule has 0 radical (unpaired) electrons. The first-order valence-electron chi connectivity index (χ1n) is 5.06. The molecule has 1 unspecified atom stereocenters. The monoisotopic (exact) mass is 356 g/mol. The van der Waals surface area contributed by atoms with Crippen LogP contribution in [0.5, 0.6) is 0 Å². The number of epoxide rings is 1. The van der Waals surface area contributed by atoms with Crippen LogP contribution in [0.2, 0.25) is 0 Å². The fourth-order valence-corrected chi connectivity index (χ4v) is 1.34. The smallest absolute Gasteiger partial charge is 0.0515 e. The molecule has 1 saturated heterocycles. The van der Waals surface area contributed by atoms with Crippen LogP contribution in [0.15, 0.2) is 0 Å². The molecule has 2 aliphatic rings. The number of methoxy groups -OCH3 is 1. The Hall–Kier alpha value is 0.608. The van der Waals surface area contributed by atoms with E-state index in [9.17, 15) is 0 Å². The largest absolute Gasteiger partial charge is 0.570 e. The van der Waals surface area contributed by atoms with Crippen molar-refractivity contribution in [2.24, 2.45) is 5.41 Å². The number of rotatable bonds is 2. The van der Waals surface area contributed by atoms with Gasteiger partial charge in [0.2, 0.25) is 0 Å². The van der Waals surface area contributed by atoms with E-state index in [0.717, 1.165) is 6.61 Å². The Bertz CT molecular complexity index is 156. The molecule has 13 heavy (non-hydrogen) atoms. The van der Waals surface area contributed by atoms with E-state index in [1.165, 1.54) is 19.3 Å². The van der Waals surface area contributed by atoms with Gasteiger partial charge in [0.1, 0.15) is 0 Å². The molecule has 1 aliphatic carbocycles. The van der Waals surface area contributed by atoms with E-state index < -0.39 is 0 Å². The zero-order chi connectivity index (χ0) is 9.90. The van der Waals surface area contributed by atoms with Crippen molar-refractivity contribution in [1.82, 2.24) is 0 Å². The Balaban J connectivity index is 0.000000246. The molecular weight excluding hydrogens is 336 g/mol. The minimum atomic E-state index is 0. The molecule has 0 N–H and O–H groups in total. The van der Waals surface area contributed by atoms with Crippen molar-refractivity contribution in [1.29, 1.82) is 0 Å². The number of hydrogen-bond donors (Lipinski definition) is 0. The average molecular weight is 356 g/mol. The molecule has 2 nitrogen and oxygen atoms in total. The normalized spacial score (nSPS) is 30.1. The third-order valence-electron chi connectivity index (χ3n) is 2.41. The van der Waals surface area contributed by atoms with Crippen molar-refractivity contribution < 1.29 is 31.9 Å². The van der Waals surface area contributed by atoms with Crippen LogP contribution >= 0.6 is 0 Å². The Kier molecular flexibility index (Phi) is 5.53. The van der Waals surface area contributed by atoms with Gasteiger partial charge in [-0.2, -0.15) is 7.95 Å². The summed E-state index contributed by atoms with van der Waals surface area (Å²) in [5.41, 5.74) is 0.550. The van der Waals surface area contributed by atoms with Gasteiger partial charge in [0, 0.05) is 28.2 Å². The van der Waals surface area contributed by atoms with Gasteiger partial charge in [0.05, 0.1) is 6.61 Å². The summed E-state index contributed by atoms with van der Waals surface area (Å²) in [6.07, 6.45) is 4.26. The van der Waals surface area contributed by atoms with Gasteiger partial charge in [0.25, 0.3) is 0 Å². The predicted octanol–water partition coefficient (Wildman–Crippen LogP) is 2.39. The van der Waals surface area contributed by atoms with E-state index in [1.54, 1.807) is 7.11 Å². The minimum absolute atomic E-state index is 0. The van der Waals surface area contributed by atoms with Crippen molar-refractivity contribution in [3.63, 3.8) is 0 Å². The zero-order valence-electron chi connectivity index (χ0n) is 9.63. The summed E-state index contributed by atoms with van der Waals surface area (Å²) in [6, 6.07) is 0. The van der Waals surface area contributed by atoms with Crippen LogP contribution in [0.1, 0.15) is 34.5 Å². The van der Waals surface area contributed by atoms with Crippen molar-refractivity contribution in [2.45, 2.75) is 39.2 Å². The van der Waals surface area contributed by atoms with Crippen LogP contribution in [0, 0.1) is 12.0 Å². The number of ether oxygens (including phenoxy) is 2. The fraction of sp³-hybridized carbons (Fsp3) is 0.900. The number of hydrogen-bond acceptors (Lipinski definition) is 2. The van der Waals surface area contributed by atoms with Crippen LogP contribution in [-0.2, 0) is 30.5 Å². The summed E-state index contributed by atoms with van der Waals surface area (Å²) in [6.45, 7) is 5.51. The minimum Gasteiger partial charge on any atom is -0.570 e. The van der Waals surface area contributed by atoms with Crippen molar-refractivity contribution >= 4 is 0 Å². The maximum Gasteiger partial charge on any atom is 0.0515 e. The Morgan fingerprint density at radius 2 is 2.15 bits per heavy atom. The SMILES string of the molecule is COCC1(C)CCC1.[2H][C-]1OC1C.[W]. The molecule has 78 valence electrons. The summed E-state index contributed by atoms with van der Waals surface area (Å²) < 4.78 is 16.1. The predicted molar refractivity (Wildman–Crippen MR) is 48.7 cm³/mol. The van der Waals surface area contributed by atoms with Crippen molar-refractivity contribution in [2.75, 3.05) is 13.7 Å². The van der Waals surface area contributed by atoms with Gasteiger partial charge in [-0.3, -0.25) is 0 Å². The Morgan fingerprint density at radius 3 is 2.23 bits per heavy atom. The zero-order valence-corrected chi connectivity index (χ0v) is 11.6. The van der Waals surface area contributed by atoms with E-state index in [4.69, 9.17) is 6.11 Å². The molecule has 0 aromatic rings. The second kappa shape index (κ2) is 6.16. The molecule has 0 amide bonds. The van der Waals surface area contributed by atoms with Gasteiger partial charge >= 0.3 is 0 Å². The first-order chi connectivity index (χ1) is 6.07. The van der Waals surface area contributed by atoms with Gasteiger partial charge in [-0.25, -0.2) is 0 Å². The van der Waals surface area contributed by atoms with Crippen LogP contribution in [0.3, 0.4) is 0 Å². The molecular formula is C10H19O2W-. The van der Waals surface area contributed by atoms with E-state index in [-0.39, 0.29) is 27.2 Å². The topological polar surface area (TPSA) is 21.8 Å². The second-order valence-electron chi connectivity index (χ2n) is 3.98. The van der Waals surface area contributed by atoms with Crippen LogP contribution in [0.25, 0.3) is 0 Å². The van der Waals surface area contributed by atoms with Gasteiger partial charge in [-0.15, -0.1) is 0 Å². The molecule has 2 fully saturated rings. The molecule has 0 bridgehead atoms. The van der Waals surface area contributed by atoms with Gasteiger partial charge < -0.3 is 9.47 Å². The maximum absolute atomic E-state index is 6.59. The van der Waals surface area contributed by atoms with Crippen LogP contribution < -0.4 is 0 Å². The fourth-order valence-electron chi connectivity index (χ4n) is 1.34. The Labute approximate surface area is 97.0 Å². The summed E-state index contributed by atoms with van der Waals surface area (Å²) in [5, 5.41) is 0. The van der Waals surface area contributed by atoms with Gasteiger partial charge in [0.15, 0.2) is 0 Å². The summed E-state index contributed by atoms with van der Waals surface area (Å²) >= 11 is 0. The second-order valence-corrected chi connectivity index (χ2v) is 3.98. The van der Waals surface area contributed by atoms with E-state index in [1.807, 2.05) is 6.92 Å². The van der Waals surface area contributed by atoms with E-state index in [0.29, 0.717) is 12.0 Å². The maximum atomic E-state index is 6.59. The van der Waals surface area contributed by atoms with Crippen LogP contribution in [0.4, 0.5) is 0 Å². The van der Waals surface area contributed by atoms with Crippen molar-refractivity contribution in [3.05, 3.63) is 6.58 Å². The Morgan fingerprint density at radius 1 is 1.69 bits per heavy atom. The first-order valence-corrected chi connectivity index (χ1v) is 4.56. The molecule has 3 heteroatoms. The molecule has 2 rings (SSSR count).